The molecule has 7 aliphatic rings. The molecule has 0 bridgehead atoms. The highest BCUT2D eigenvalue weighted by molar-refractivity contribution is 7.90. The maximum absolute atomic E-state index is 15.4. The third kappa shape index (κ3) is 10.6. The van der Waals surface area contributed by atoms with Crippen molar-refractivity contribution in [1.82, 2.24) is 29.5 Å². The summed E-state index contributed by atoms with van der Waals surface area (Å²) in [6.45, 7) is 11.1. The van der Waals surface area contributed by atoms with E-state index in [9.17, 15) is 28.4 Å². The first-order valence-electron chi connectivity index (χ1n) is 28.8. The number of sulfonamides is 1. The molecule has 432 valence electrons. The van der Waals surface area contributed by atoms with Crippen LogP contribution in [0.1, 0.15) is 97.8 Å². The van der Waals surface area contributed by atoms with E-state index < -0.39 is 55.0 Å². The maximum atomic E-state index is 15.4. The monoisotopic (exact) mass is 1140 g/mol. The Kier molecular flexibility index (Phi) is 14.2. The highest BCUT2D eigenvalue weighted by atomic mass is 32.2. The molecule has 5 aliphatic heterocycles. The van der Waals surface area contributed by atoms with Crippen molar-refractivity contribution in [3.05, 3.63) is 123 Å². The average Bonchev–Trinajstić information content (AvgIpc) is 4.00. The number of hydrogen-bond acceptors (Lipinski definition) is 17. The Bertz CT molecular complexity index is 3540. The molecule has 3 aromatic heterocycles. The number of carbonyl (C=O) groups is 1. The van der Waals surface area contributed by atoms with E-state index in [-0.39, 0.29) is 52.1 Å². The van der Waals surface area contributed by atoms with Gasteiger partial charge in [-0.3, -0.25) is 24.7 Å². The summed E-state index contributed by atoms with van der Waals surface area (Å²) in [6, 6.07) is 21.6. The van der Waals surface area contributed by atoms with Gasteiger partial charge >= 0.3 is 0 Å². The van der Waals surface area contributed by atoms with Gasteiger partial charge in [-0.05, 0) is 142 Å². The number of ether oxygens (including phenoxy) is 4. The first-order valence-corrected chi connectivity index (χ1v) is 30.2. The Morgan fingerprint density at radius 3 is 2.55 bits per heavy atom. The van der Waals surface area contributed by atoms with Crippen molar-refractivity contribution in [2.24, 2.45) is 11.3 Å². The van der Waals surface area contributed by atoms with Crippen molar-refractivity contribution in [2.45, 2.75) is 113 Å². The average molecular weight is 1140 g/mol. The summed E-state index contributed by atoms with van der Waals surface area (Å²) in [5.74, 6) is 0.150. The van der Waals surface area contributed by atoms with Crippen molar-refractivity contribution in [2.75, 3.05) is 80.8 Å². The van der Waals surface area contributed by atoms with Crippen LogP contribution in [0.3, 0.4) is 0 Å². The number of aromatic nitrogens is 3. The summed E-state index contributed by atoms with van der Waals surface area (Å²) < 4.78 is 70.1. The van der Waals surface area contributed by atoms with Crippen LogP contribution in [0.5, 0.6) is 17.5 Å². The lowest BCUT2D eigenvalue weighted by atomic mass is 9.59. The number of nitrogens with one attached hydrogen (secondary N) is 3. The Balaban J connectivity index is 0.754. The third-order valence-corrected chi connectivity index (χ3v) is 19.9. The number of halogens is 1. The SMILES string of the molecule is Cc1ccccc1[C@@H]1CN(Cc2cnc3c(c2)OCCO3)CCN1C1CC2(CCN(c3ccc(C(=O)NS(=O)(=O)c4ccc(NCC5CCC(C)(O)CC5)c([N+](=O)[O-])c4)c(N4c5cc6c(F)c[nH]c6nc5O[C@H]5COCC[C@@H]54)c3)CC2)C1. The van der Waals surface area contributed by atoms with E-state index in [1.165, 1.54) is 29.5 Å². The topological polar surface area (TPSA) is 230 Å². The largest absolute Gasteiger partial charge is 0.484 e. The number of aryl methyl sites for hydroxylation is 1. The van der Waals surface area contributed by atoms with Crippen LogP contribution in [-0.4, -0.2) is 139 Å². The standard InChI is InChI=1S/C60H69FN10O10S/c1-37-5-3-4-6-43(37)52-35-67(34-39-25-53-58(64-32-39)80-24-23-79-53)20-21-69(52)41-29-60(30-41)16-18-68(19-17-60)40-7-9-44(49(26-40)70-48-13-22-78-36-54(48)81-57-51(70)28-45-46(61)33-63-55(45)65-57)56(72)66-82(76,77)42-8-10-47(50(27-42)71(74)75)62-31-38-11-14-59(2,73)15-12-38/h3-10,25-28,32-33,38,41,48,52,54,62,73H,11-24,29-31,34-36H2,1-2H3,(H,63,65)(H,66,72)/t38?,48-,52-,54-,59?/m0/s1. The van der Waals surface area contributed by atoms with E-state index >= 15 is 4.39 Å². The number of rotatable bonds is 13. The van der Waals surface area contributed by atoms with Crippen LogP contribution in [-0.2, 0) is 21.3 Å². The first-order chi connectivity index (χ1) is 39.6. The lowest BCUT2D eigenvalue weighted by molar-refractivity contribution is -0.384. The number of nitro benzene ring substituents is 1. The summed E-state index contributed by atoms with van der Waals surface area (Å²) in [7, 11) is -4.70. The number of pyridine rings is 2. The zero-order valence-corrected chi connectivity index (χ0v) is 47.0. The van der Waals surface area contributed by atoms with Gasteiger partial charge in [-0.15, -0.1) is 0 Å². The maximum Gasteiger partial charge on any atom is 0.293 e. The number of aliphatic hydroxyl groups is 1. The lowest BCUT2D eigenvalue weighted by Crippen LogP contribution is -2.59. The molecule has 6 aromatic rings. The summed E-state index contributed by atoms with van der Waals surface area (Å²) >= 11 is 0. The number of amides is 1. The second-order valence-electron chi connectivity index (χ2n) is 23.9. The van der Waals surface area contributed by atoms with Crippen molar-refractivity contribution in [3.8, 4) is 17.5 Å². The third-order valence-electron chi connectivity index (χ3n) is 18.5. The van der Waals surface area contributed by atoms with Crippen LogP contribution >= 0.6 is 0 Å². The highest BCUT2D eigenvalue weighted by Gasteiger charge is 2.50. The van der Waals surface area contributed by atoms with Crippen molar-refractivity contribution in [3.63, 3.8) is 0 Å². The van der Waals surface area contributed by atoms with Crippen molar-refractivity contribution >= 4 is 55.4 Å². The minimum atomic E-state index is -4.70. The van der Waals surface area contributed by atoms with E-state index in [2.05, 4.69) is 76.9 Å². The number of benzene rings is 3. The zero-order valence-electron chi connectivity index (χ0n) is 46.1. The predicted octanol–water partition coefficient (Wildman–Crippen LogP) is 8.55. The number of piperazine rings is 1. The van der Waals surface area contributed by atoms with Gasteiger partial charge in [-0.2, -0.15) is 4.98 Å². The molecule has 20 nitrogen and oxygen atoms in total. The van der Waals surface area contributed by atoms with E-state index in [0.29, 0.717) is 74.7 Å². The molecule has 82 heavy (non-hydrogen) atoms. The molecule has 2 aliphatic carbocycles. The minimum Gasteiger partial charge on any atom is -0.484 e. The van der Waals surface area contributed by atoms with Gasteiger partial charge < -0.3 is 44.2 Å². The predicted molar refractivity (Wildman–Crippen MR) is 305 cm³/mol. The van der Waals surface area contributed by atoms with Gasteiger partial charge in [-0.25, -0.2) is 22.5 Å². The van der Waals surface area contributed by atoms with Crippen molar-refractivity contribution < 1.29 is 46.6 Å². The van der Waals surface area contributed by atoms with Crippen LogP contribution < -0.4 is 34.0 Å². The van der Waals surface area contributed by atoms with Gasteiger partial charge in [-0.1, -0.05) is 24.3 Å². The Labute approximate surface area is 475 Å². The van der Waals surface area contributed by atoms with Crippen LogP contribution in [0.2, 0.25) is 0 Å². The van der Waals surface area contributed by atoms with E-state index in [1.807, 2.05) is 23.2 Å². The minimum absolute atomic E-state index is 0.0147. The fourth-order valence-electron chi connectivity index (χ4n) is 13.9. The molecule has 0 unspecified atom stereocenters. The van der Waals surface area contributed by atoms with Gasteiger partial charge in [0, 0.05) is 88.7 Å². The molecule has 1 amide bonds. The summed E-state index contributed by atoms with van der Waals surface area (Å²) in [6.07, 6.45) is 9.88. The number of anilines is 4. The van der Waals surface area contributed by atoms with Gasteiger partial charge in [0.05, 0.1) is 44.7 Å². The highest BCUT2D eigenvalue weighted by Crippen LogP contribution is 2.54. The number of nitro groups is 1. The number of carbonyl (C=O) groups excluding carboxylic acids is 1. The summed E-state index contributed by atoms with van der Waals surface area (Å²) in [4.78, 5) is 47.8. The van der Waals surface area contributed by atoms with E-state index in [1.54, 1.807) is 19.1 Å². The van der Waals surface area contributed by atoms with E-state index in [4.69, 9.17) is 18.9 Å². The first kappa shape index (κ1) is 54.2. The van der Waals surface area contributed by atoms with Crippen molar-refractivity contribution in [1.29, 1.82) is 0 Å². The van der Waals surface area contributed by atoms with Crippen LogP contribution in [0, 0.1) is 34.2 Å². The summed E-state index contributed by atoms with van der Waals surface area (Å²) in [5, 5.41) is 26.2. The molecule has 13 rings (SSSR count). The number of piperidine rings is 1. The van der Waals surface area contributed by atoms with Crippen LogP contribution in [0.4, 0.5) is 32.8 Å². The van der Waals surface area contributed by atoms with Crippen LogP contribution in [0.15, 0.2) is 90.1 Å². The number of nitrogens with zero attached hydrogens (tertiary/aromatic N) is 7. The quantitative estimate of drug-likeness (QED) is 0.0627. The molecule has 4 N–H and O–H groups in total. The zero-order chi connectivity index (χ0) is 56.5. The molecule has 0 radical (unpaired) electrons. The van der Waals surface area contributed by atoms with E-state index in [0.717, 1.165) is 95.1 Å². The molecule has 3 saturated heterocycles. The smallest absolute Gasteiger partial charge is 0.293 e. The number of H-pyrrole nitrogens is 1. The fourth-order valence-corrected chi connectivity index (χ4v) is 14.9. The number of fused-ring (bicyclic) bond motifs is 4. The van der Waals surface area contributed by atoms with Gasteiger partial charge in [0.2, 0.25) is 5.88 Å². The Morgan fingerprint density at radius 2 is 1.74 bits per heavy atom. The van der Waals surface area contributed by atoms with Gasteiger partial charge in [0.15, 0.2) is 5.75 Å². The molecule has 3 atom stereocenters. The summed E-state index contributed by atoms with van der Waals surface area (Å²) in [5.41, 5.74) is 4.77. The molecule has 8 heterocycles. The van der Waals surface area contributed by atoms with Crippen LogP contribution in [0.25, 0.3) is 11.0 Å². The number of aromatic amines is 1. The number of hydrogen-bond donors (Lipinski definition) is 4. The lowest BCUT2D eigenvalue weighted by Gasteiger charge is -2.58. The van der Waals surface area contributed by atoms with Gasteiger partial charge in [0.25, 0.3) is 27.5 Å². The molecule has 1 spiro atoms. The molecular weight excluding hydrogens is 1070 g/mol. The molecule has 5 fully saturated rings. The second-order valence-corrected chi connectivity index (χ2v) is 25.6. The molecule has 2 saturated carbocycles. The van der Waals surface area contributed by atoms with Gasteiger partial charge in [0.1, 0.15) is 42.2 Å². The molecular formula is C60H69FN10O10S. The second kappa shape index (κ2) is 21.6. The normalized spacial score (nSPS) is 24.7. The molecule has 3 aromatic carbocycles. The molecule has 22 heteroatoms. The Hall–Kier alpha value is -7.11. The Morgan fingerprint density at radius 1 is 0.939 bits per heavy atom. The fraction of sp³-hybridized carbons (Fsp3) is 0.483.